The summed E-state index contributed by atoms with van der Waals surface area (Å²) in [6.45, 7) is 0. The highest BCUT2D eigenvalue weighted by Gasteiger charge is 2.32. The zero-order valence-corrected chi connectivity index (χ0v) is 10.9. The predicted octanol–water partition coefficient (Wildman–Crippen LogP) is 2.96. The molecule has 0 spiro atoms. The predicted molar refractivity (Wildman–Crippen MR) is 67.4 cm³/mol. The number of methoxy groups -OCH3 is 1. The third kappa shape index (κ3) is 2.92. The lowest BCUT2D eigenvalue weighted by atomic mass is 10.1. The number of rotatable bonds is 4. The number of ether oxygens (including phenoxy) is 1. The van der Waals surface area contributed by atoms with Crippen molar-refractivity contribution in [2.75, 3.05) is 7.11 Å². The lowest BCUT2D eigenvalue weighted by molar-refractivity contribution is -0.143. The maximum atomic E-state index is 11.8. The maximum Gasteiger partial charge on any atom is 0.327 e. The first-order valence-electron chi connectivity index (χ1n) is 5.41. The van der Waals surface area contributed by atoms with Gasteiger partial charge in [-0.05, 0) is 25.0 Å². The van der Waals surface area contributed by atoms with E-state index in [9.17, 15) is 4.79 Å². The summed E-state index contributed by atoms with van der Waals surface area (Å²) >= 11 is 12.2. The van der Waals surface area contributed by atoms with E-state index < -0.39 is 6.04 Å². The Kier molecular flexibility index (Phi) is 3.92. The van der Waals surface area contributed by atoms with E-state index in [1.807, 2.05) is 0 Å². The molecule has 0 radical (unpaired) electrons. The Bertz CT molecular complexity index is 412. The molecule has 17 heavy (non-hydrogen) atoms. The van der Waals surface area contributed by atoms with Crippen LogP contribution in [0.15, 0.2) is 18.2 Å². The average molecular weight is 274 g/mol. The van der Waals surface area contributed by atoms with E-state index in [0.717, 1.165) is 12.8 Å². The topological polar surface area (TPSA) is 38.3 Å². The van der Waals surface area contributed by atoms with Gasteiger partial charge < -0.3 is 4.74 Å². The summed E-state index contributed by atoms with van der Waals surface area (Å²) in [7, 11) is 1.36. The number of benzene rings is 1. The number of carbonyl (C=O) groups is 1. The molecule has 1 fully saturated rings. The summed E-state index contributed by atoms with van der Waals surface area (Å²) in [4.78, 5) is 11.8. The fraction of sp³-hybridized carbons (Fsp3) is 0.417. The van der Waals surface area contributed by atoms with E-state index in [-0.39, 0.29) is 5.97 Å². The molecule has 0 amide bonds. The maximum absolute atomic E-state index is 11.8. The van der Waals surface area contributed by atoms with Crippen molar-refractivity contribution in [2.45, 2.75) is 24.9 Å². The lowest BCUT2D eigenvalue weighted by Gasteiger charge is -2.18. The van der Waals surface area contributed by atoms with Gasteiger partial charge in [-0.15, -0.1) is 0 Å². The lowest BCUT2D eigenvalue weighted by Crippen LogP contribution is -2.31. The number of halogens is 2. The van der Waals surface area contributed by atoms with Gasteiger partial charge in [0.15, 0.2) is 0 Å². The molecule has 0 aromatic heterocycles. The molecule has 0 aliphatic heterocycles. The first-order chi connectivity index (χ1) is 8.13. The van der Waals surface area contributed by atoms with Crippen LogP contribution in [-0.2, 0) is 9.53 Å². The van der Waals surface area contributed by atoms with Crippen molar-refractivity contribution < 1.29 is 9.53 Å². The molecule has 5 heteroatoms. The number of carbonyl (C=O) groups excluding carboxylic acids is 1. The zero-order chi connectivity index (χ0) is 12.4. The van der Waals surface area contributed by atoms with Gasteiger partial charge in [0.05, 0.1) is 7.11 Å². The molecule has 3 nitrogen and oxygen atoms in total. The third-order valence-corrected chi connectivity index (χ3v) is 3.36. The van der Waals surface area contributed by atoms with E-state index in [0.29, 0.717) is 21.7 Å². The Morgan fingerprint density at radius 3 is 2.47 bits per heavy atom. The molecule has 0 saturated heterocycles. The molecule has 1 N–H and O–H groups in total. The molecule has 1 aliphatic carbocycles. The first-order valence-corrected chi connectivity index (χ1v) is 6.17. The summed E-state index contributed by atoms with van der Waals surface area (Å²) in [5, 5.41) is 4.14. The van der Waals surface area contributed by atoms with Crippen molar-refractivity contribution in [2.24, 2.45) is 0 Å². The third-order valence-electron chi connectivity index (χ3n) is 2.70. The smallest absolute Gasteiger partial charge is 0.327 e. The van der Waals surface area contributed by atoms with Gasteiger partial charge in [-0.25, -0.2) is 4.79 Å². The molecule has 1 aromatic rings. The van der Waals surface area contributed by atoms with Gasteiger partial charge in [-0.1, -0.05) is 29.3 Å². The van der Waals surface area contributed by atoms with Crippen LogP contribution in [0.3, 0.4) is 0 Å². The second-order valence-electron chi connectivity index (χ2n) is 4.03. The second kappa shape index (κ2) is 5.25. The van der Waals surface area contributed by atoms with Gasteiger partial charge in [-0.2, -0.15) is 0 Å². The number of hydrogen-bond donors (Lipinski definition) is 1. The molecule has 1 unspecified atom stereocenters. The van der Waals surface area contributed by atoms with E-state index in [1.165, 1.54) is 7.11 Å². The largest absolute Gasteiger partial charge is 0.468 e. The highest BCUT2D eigenvalue weighted by Crippen LogP contribution is 2.33. The van der Waals surface area contributed by atoms with Gasteiger partial charge in [0.25, 0.3) is 0 Å². The minimum Gasteiger partial charge on any atom is -0.468 e. The second-order valence-corrected chi connectivity index (χ2v) is 4.85. The number of hydrogen-bond acceptors (Lipinski definition) is 3. The van der Waals surface area contributed by atoms with Crippen molar-refractivity contribution in [3.8, 4) is 0 Å². The van der Waals surface area contributed by atoms with Crippen molar-refractivity contribution >= 4 is 29.2 Å². The van der Waals surface area contributed by atoms with Crippen LogP contribution >= 0.6 is 23.2 Å². The van der Waals surface area contributed by atoms with Crippen molar-refractivity contribution in [3.05, 3.63) is 33.8 Å². The number of nitrogens with one attached hydrogen (secondary N) is 1. The van der Waals surface area contributed by atoms with Crippen LogP contribution in [0.1, 0.15) is 24.4 Å². The molecule has 0 bridgehead atoms. The first kappa shape index (κ1) is 12.7. The molecule has 1 aliphatic rings. The van der Waals surface area contributed by atoms with E-state index in [4.69, 9.17) is 27.9 Å². The van der Waals surface area contributed by atoms with Gasteiger partial charge in [0.2, 0.25) is 0 Å². The van der Waals surface area contributed by atoms with E-state index in [2.05, 4.69) is 5.32 Å². The summed E-state index contributed by atoms with van der Waals surface area (Å²) in [6.07, 6.45) is 2.13. The van der Waals surface area contributed by atoms with Gasteiger partial charge in [-0.3, -0.25) is 5.32 Å². The quantitative estimate of drug-likeness (QED) is 0.858. The fourth-order valence-corrected chi connectivity index (χ4v) is 2.27. The highest BCUT2D eigenvalue weighted by atomic mass is 35.5. The van der Waals surface area contributed by atoms with Crippen LogP contribution in [0, 0.1) is 0 Å². The van der Waals surface area contributed by atoms with Crippen LogP contribution in [0.4, 0.5) is 0 Å². The van der Waals surface area contributed by atoms with Crippen molar-refractivity contribution in [1.29, 1.82) is 0 Å². The Labute approximate surface area is 110 Å². The standard InChI is InChI=1S/C12H13Cl2NO2/c1-17-12(16)11(15-7-5-6-7)10-8(13)3-2-4-9(10)14/h2-4,7,11,15H,5-6H2,1H3. The average Bonchev–Trinajstić information content (AvgIpc) is 3.10. The van der Waals surface area contributed by atoms with Gasteiger partial charge >= 0.3 is 5.97 Å². The zero-order valence-electron chi connectivity index (χ0n) is 9.37. The summed E-state index contributed by atoms with van der Waals surface area (Å²) in [5.41, 5.74) is 0.592. The van der Waals surface area contributed by atoms with Gasteiger partial charge in [0.1, 0.15) is 6.04 Å². The fourth-order valence-electron chi connectivity index (χ4n) is 1.66. The number of esters is 1. The van der Waals surface area contributed by atoms with E-state index >= 15 is 0 Å². The van der Waals surface area contributed by atoms with Crippen LogP contribution in [0.2, 0.25) is 10.0 Å². The molecule has 1 saturated carbocycles. The molecule has 1 aromatic carbocycles. The molecule has 92 valence electrons. The van der Waals surface area contributed by atoms with Crippen molar-refractivity contribution in [3.63, 3.8) is 0 Å². The Hall–Kier alpha value is -0.770. The SMILES string of the molecule is COC(=O)C(NC1CC1)c1c(Cl)cccc1Cl. The summed E-state index contributed by atoms with van der Waals surface area (Å²) in [6, 6.07) is 4.94. The van der Waals surface area contributed by atoms with Crippen LogP contribution in [0.25, 0.3) is 0 Å². The van der Waals surface area contributed by atoms with Crippen molar-refractivity contribution in [1.82, 2.24) is 5.32 Å². The monoisotopic (exact) mass is 273 g/mol. The minimum atomic E-state index is -0.589. The molecule has 0 heterocycles. The summed E-state index contributed by atoms with van der Waals surface area (Å²) < 4.78 is 4.79. The van der Waals surface area contributed by atoms with Gasteiger partial charge in [0, 0.05) is 21.7 Å². The Morgan fingerprint density at radius 2 is 2.00 bits per heavy atom. The van der Waals surface area contributed by atoms with Crippen LogP contribution in [0.5, 0.6) is 0 Å². The molecule has 2 rings (SSSR count). The molecule has 1 atom stereocenters. The minimum absolute atomic E-state index is 0.353. The van der Waals surface area contributed by atoms with Crippen LogP contribution in [-0.4, -0.2) is 19.1 Å². The summed E-state index contributed by atoms with van der Waals surface area (Å²) in [5.74, 6) is -0.369. The normalized spacial score (nSPS) is 16.6. The highest BCUT2D eigenvalue weighted by molar-refractivity contribution is 6.36. The Balaban J connectivity index is 2.32. The Morgan fingerprint density at radius 1 is 1.41 bits per heavy atom. The molecular weight excluding hydrogens is 261 g/mol. The molecular formula is C12H13Cl2NO2. The van der Waals surface area contributed by atoms with Crippen LogP contribution < -0.4 is 5.32 Å². The van der Waals surface area contributed by atoms with E-state index in [1.54, 1.807) is 18.2 Å².